The van der Waals surface area contributed by atoms with Gasteiger partial charge in [0.15, 0.2) is 0 Å². The summed E-state index contributed by atoms with van der Waals surface area (Å²) in [6.45, 7) is 13.3. The average Bonchev–Trinajstić information content (AvgIpc) is 2.60. The van der Waals surface area contributed by atoms with Gasteiger partial charge in [-0.25, -0.2) is 0 Å². The second kappa shape index (κ2) is 10.2. The standard InChI is InChI=1S/C20H33N3OS/c1-5-23(17(4)16(2)3)15-20(24)21-19-8-6-7-18(13-19)14-22-9-11-25-12-10-22/h6-8,13,16-17H,5,9-12,14-15H2,1-4H3,(H,21,24). The van der Waals surface area contributed by atoms with Gasteiger partial charge in [-0.3, -0.25) is 14.6 Å². The lowest BCUT2D eigenvalue weighted by molar-refractivity contribution is -0.117. The summed E-state index contributed by atoms with van der Waals surface area (Å²) in [5.41, 5.74) is 2.18. The first-order valence-electron chi connectivity index (χ1n) is 9.42. The summed E-state index contributed by atoms with van der Waals surface area (Å²) >= 11 is 2.03. The molecule has 0 aromatic heterocycles. The topological polar surface area (TPSA) is 35.6 Å². The number of amides is 1. The van der Waals surface area contributed by atoms with E-state index in [1.807, 2.05) is 23.9 Å². The molecular formula is C20H33N3OS. The summed E-state index contributed by atoms with van der Waals surface area (Å²) in [5, 5.41) is 3.07. The maximum atomic E-state index is 12.4. The fourth-order valence-corrected chi connectivity index (χ4v) is 4.09. The molecule has 1 saturated heterocycles. The number of carbonyl (C=O) groups excluding carboxylic acids is 1. The number of hydrogen-bond donors (Lipinski definition) is 1. The van der Waals surface area contributed by atoms with Crippen LogP contribution in [0.15, 0.2) is 24.3 Å². The number of carbonyl (C=O) groups is 1. The van der Waals surface area contributed by atoms with Gasteiger partial charge in [-0.15, -0.1) is 0 Å². The minimum absolute atomic E-state index is 0.0703. The summed E-state index contributed by atoms with van der Waals surface area (Å²) < 4.78 is 0. The monoisotopic (exact) mass is 363 g/mol. The Morgan fingerprint density at radius 1 is 1.28 bits per heavy atom. The molecular weight excluding hydrogens is 330 g/mol. The Balaban J connectivity index is 1.90. The number of nitrogens with zero attached hydrogens (tertiary/aromatic N) is 2. The van der Waals surface area contributed by atoms with Gasteiger partial charge in [0.25, 0.3) is 0 Å². The molecule has 1 unspecified atom stereocenters. The van der Waals surface area contributed by atoms with Gasteiger partial charge in [-0.1, -0.05) is 32.9 Å². The summed E-state index contributed by atoms with van der Waals surface area (Å²) in [6, 6.07) is 8.69. The fraction of sp³-hybridized carbons (Fsp3) is 0.650. The summed E-state index contributed by atoms with van der Waals surface area (Å²) in [6.07, 6.45) is 0. The molecule has 1 aromatic carbocycles. The lowest BCUT2D eigenvalue weighted by Crippen LogP contribution is -2.41. The van der Waals surface area contributed by atoms with Crippen LogP contribution in [0, 0.1) is 5.92 Å². The number of benzene rings is 1. The highest BCUT2D eigenvalue weighted by atomic mass is 32.2. The van der Waals surface area contributed by atoms with Crippen LogP contribution < -0.4 is 5.32 Å². The lowest BCUT2D eigenvalue weighted by atomic mass is 10.0. The number of hydrogen-bond acceptors (Lipinski definition) is 4. The van der Waals surface area contributed by atoms with Gasteiger partial charge in [0.1, 0.15) is 0 Å². The van der Waals surface area contributed by atoms with E-state index in [0.717, 1.165) is 31.9 Å². The van der Waals surface area contributed by atoms with Gasteiger partial charge in [0.05, 0.1) is 6.54 Å². The van der Waals surface area contributed by atoms with Crippen LogP contribution >= 0.6 is 11.8 Å². The van der Waals surface area contributed by atoms with Crippen molar-refractivity contribution in [3.8, 4) is 0 Å². The van der Waals surface area contributed by atoms with Crippen molar-refractivity contribution in [1.82, 2.24) is 9.80 Å². The number of thioether (sulfide) groups is 1. The highest BCUT2D eigenvalue weighted by Gasteiger charge is 2.18. The third-order valence-corrected chi connectivity index (χ3v) is 5.96. The predicted molar refractivity (Wildman–Crippen MR) is 109 cm³/mol. The van der Waals surface area contributed by atoms with Crippen LogP contribution in [0.25, 0.3) is 0 Å². The predicted octanol–water partition coefficient (Wildman–Crippen LogP) is 3.54. The van der Waals surface area contributed by atoms with Crippen LogP contribution in [0.5, 0.6) is 0 Å². The maximum absolute atomic E-state index is 12.4. The van der Waals surface area contributed by atoms with Gasteiger partial charge >= 0.3 is 0 Å². The van der Waals surface area contributed by atoms with E-state index in [2.05, 4.69) is 54.9 Å². The van der Waals surface area contributed by atoms with Crippen molar-refractivity contribution >= 4 is 23.4 Å². The highest BCUT2D eigenvalue weighted by Crippen LogP contribution is 2.16. The molecule has 0 saturated carbocycles. The van der Waals surface area contributed by atoms with Gasteiger partial charge in [-0.2, -0.15) is 11.8 Å². The van der Waals surface area contributed by atoms with Crippen molar-refractivity contribution in [3.05, 3.63) is 29.8 Å². The Morgan fingerprint density at radius 3 is 2.64 bits per heavy atom. The van der Waals surface area contributed by atoms with Crippen molar-refractivity contribution < 1.29 is 4.79 Å². The molecule has 5 heteroatoms. The first-order chi connectivity index (χ1) is 12.0. The van der Waals surface area contributed by atoms with E-state index in [0.29, 0.717) is 18.5 Å². The molecule has 1 aromatic rings. The summed E-state index contributed by atoms with van der Waals surface area (Å²) in [4.78, 5) is 17.2. The van der Waals surface area contributed by atoms with E-state index < -0.39 is 0 Å². The first kappa shape index (κ1) is 20.3. The molecule has 0 radical (unpaired) electrons. The Hall–Kier alpha value is -1.04. The van der Waals surface area contributed by atoms with Crippen molar-refractivity contribution in [3.63, 3.8) is 0 Å². The molecule has 1 amide bonds. The van der Waals surface area contributed by atoms with Crippen molar-refractivity contribution in [1.29, 1.82) is 0 Å². The molecule has 0 spiro atoms. The molecule has 1 aliphatic heterocycles. The molecule has 1 aliphatic rings. The Labute approximate surface area is 157 Å². The van der Waals surface area contributed by atoms with E-state index in [1.165, 1.54) is 17.1 Å². The Kier molecular flexibility index (Phi) is 8.27. The zero-order valence-electron chi connectivity index (χ0n) is 16.1. The quantitative estimate of drug-likeness (QED) is 0.766. The van der Waals surface area contributed by atoms with E-state index in [-0.39, 0.29) is 5.91 Å². The zero-order chi connectivity index (χ0) is 18.2. The van der Waals surface area contributed by atoms with Gasteiger partial charge in [0.2, 0.25) is 5.91 Å². The molecule has 1 heterocycles. The lowest BCUT2D eigenvalue weighted by Gasteiger charge is -2.30. The molecule has 25 heavy (non-hydrogen) atoms. The minimum atomic E-state index is 0.0703. The molecule has 140 valence electrons. The van der Waals surface area contributed by atoms with Gasteiger partial charge in [0, 0.05) is 42.9 Å². The first-order valence-corrected chi connectivity index (χ1v) is 10.6. The largest absolute Gasteiger partial charge is 0.325 e. The van der Waals surface area contributed by atoms with Crippen LogP contribution in [0.4, 0.5) is 5.69 Å². The summed E-state index contributed by atoms with van der Waals surface area (Å²) in [5.74, 6) is 3.05. The Bertz CT molecular complexity index is 543. The second-order valence-electron chi connectivity index (χ2n) is 7.18. The molecule has 0 aliphatic carbocycles. The number of rotatable bonds is 8. The van der Waals surface area contributed by atoms with Gasteiger partial charge in [-0.05, 0) is 37.1 Å². The molecule has 4 nitrogen and oxygen atoms in total. The molecule has 0 bridgehead atoms. The Morgan fingerprint density at radius 2 is 2.00 bits per heavy atom. The third-order valence-electron chi connectivity index (χ3n) is 5.01. The minimum Gasteiger partial charge on any atom is -0.325 e. The van der Waals surface area contributed by atoms with Gasteiger partial charge < -0.3 is 5.32 Å². The van der Waals surface area contributed by atoms with Crippen molar-refractivity contribution in [2.75, 3.05) is 43.0 Å². The number of likely N-dealkylation sites (N-methyl/N-ethyl adjacent to an activating group) is 1. The van der Waals surface area contributed by atoms with Crippen LogP contribution in [0.2, 0.25) is 0 Å². The average molecular weight is 364 g/mol. The van der Waals surface area contributed by atoms with Crippen LogP contribution in [-0.4, -0.2) is 59.4 Å². The second-order valence-corrected chi connectivity index (χ2v) is 8.41. The molecule has 1 atom stereocenters. The fourth-order valence-electron chi connectivity index (χ4n) is 3.12. The van der Waals surface area contributed by atoms with Crippen molar-refractivity contribution in [2.45, 2.75) is 40.3 Å². The molecule has 1 fully saturated rings. The number of anilines is 1. The van der Waals surface area contributed by atoms with Crippen LogP contribution in [-0.2, 0) is 11.3 Å². The van der Waals surface area contributed by atoms with E-state index in [1.54, 1.807) is 0 Å². The van der Waals surface area contributed by atoms with Crippen LogP contribution in [0.1, 0.15) is 33.3 Å². The molecule has 2 rings (SSSR count). The van der Waals surface area contributed by atoms with Crippen LogP contribution in [0.3, 0.4) is 0 Å². The normalized spacial score (nSPS) is 17.0. The number of nitrogens with one attached hydrogen (secondary N) is 1. The van der Waals surface area contributed by atoms with E-state index in [4.69, 9.17) is 0 Å². The highest BCUT2D eigenvalue weighted by molar-refractivity contribution is 7.99. The smallest absolute Gasteiger partial charge is 0.238 e. The summed E-state index contributed by atoms with van der Waals surface area (Å²) in [7, 11) is 0. The third kappa shape index (κ3) is 6.65. The van der Waals surface area contributed by atoms with Crippen molar-refractivity contribution in [2.24, 2.45) is 5.92 Å². The maximum Gasteiger partial charge on any atom is 0.238 e. The van der Waals surface area contributed by atoms with E-state index in [9.17, 15) is 4.79 Å². The molecule has 1 N–H and O–H groups in total. The van der Waals surface area contributed by atoms with E-state index >= 15 is 0 Å². The zero-order valence-corrected chi connectivity index (χ0v) is 16.9. The SMILES string of the molecule is CCN(CC(=O)Nc1cccc(CN2CCSCC2)c1)C(C)C(C)C.